The van der Waals surface area contributed by atoms with Gasteiger partial charge in [0.1, 0.15) is 0 Å². The van der Waals surface area contributed by atoms with Gasteiger partial charge in [0.25, 0.3) is 11.5 Å². The van der Waals surface area contributed by atoms with Crippen LogP contribution in [0.5, 0.6) is 0 Å². The number of oxime groups is 1. The molecular weight excluding hydrogens is 500 g/mol. The Morgan fingerprint density at radius 2 is 1.88 bits per heavy atom. The van der Waals surface area contributed by atoms with Crippen LogP contribution < -0.4 is 5.32 Å². The molecule has 0 aromatic heterocycles. The highest BCUT2D eigenvalue weighted by atomic mass is 35.5. The molecule has 33 heavy (non-hydrogen) atoms. The molecule has 0 radical (unpaired) electrons. The van der Waals surface area contributed by atoms with Gasteiger partial charge in [0, 0.05) is 56.4 Å². The smallest absolute Gasteiger partial charge is 0.374 e. The predicted molar refractivity (Wildman–Crippen MR) is 123 cm³/mol. The summed E-state index contributed by atoms with van der Waals surface area (Å²) in [6.07, 6.45) is -3.83. The Hall–Kier alpha value is -2.10. The van der Waals surface area contributed by atoms with Gasteiger partial charge < -0.3 is 10.2 Å². The average Bonchev–Trinajstić information content (AvgIpc) is 3.13. The first-order valence-corrected chi connectivity index (χ1v) is 12.3. The maximum Gasteiger partial charge on any atom is 0.435 e. The van der Waals surface area contributed by atoms with Gasteiger partial charge in [-0.15, -0.1) is 0 Å². The minimum absolute atomic E-state index is 0.0468. The third kappa shape index (κ3) is 5.53. The molecule has 0 aliphatic carbocycles. The van der Waals surface area contributed by atoms with Gasteiger partial charge in [-0.05, 0) is 55.3 Å². The number of aryl methyl sites for hydroxylation is 1. The van der Waals surface area contributed by atoms with E-state index in [9.17, 15) is 22.2 Å². The molecule has 11 heteroatoms. The molecule has 0 spiro atoms. The first kappa shape index (κ1) is 25.5. The molecule has 0 fully saturated rings. The Labute approximate surface area is 201 Å². The van der Waals surface area contributed by atoms with Gasteiger partial charge in [0.2, 0.25) is 0 Å². The lowest BCUT2D eigenvalue weighted by atomic mass is 9.86. The summed E-state index contributed by atoms with van der Waals surface area (Å²) in [5, 5.41) is 6.59. The average molecular weight is 521 g/mol. The van der Waals surface area contributed by atoms with Crippen LogP contribution in [0.2, 0.25) is 10.0 Å². The quantitative estimate of drug-likeness (QED) is 0.555. The Morgan fingerprint density at radius 3 is 2.42 bits per heavy atom. The Morgan fingerprint density at radius 1 is 1.24 bits per heavy atom. The number of hydrogen-bond acceptors (Lipinski definition) is 4. The Bertz CT molecular complexity index is 1120. The lowest BCUT2D eigenvalue weighted by Gasteiger charge is -2.29. The molecule has 0 bridgehead atoms. The maximum atomic E-state index is 14.2. The molecule has 0 saturated heterocycles. The third-order valence-corrected chi connectivity index (χ3v) is 6.59. The number of carbonyl (C=O) groups is 1. The topological polar surface area (TPSA) is 67.8 Å². The van der Waals surface area contributed by atoms with Crippen LogP contribution in [0.4, 0.5) is 13.2 Å². The monoisotopic (exact) mass is 520 g/mol. The van der Waals surface area contributed by atoms with E-state index in [0.29, 0.717) is 22.4 Å². The van der Waals surface area contributed by atoms with Gasteiger partial charge in [-0.25, -0.2) is 0 Å². The summed E-state index contributed by atoms with van der Waals surface area (Å²) in [7, 11) is -1.07. The van der Waals surface area contributed by atoms with Gasteiger partial charge in [0.15, 0.2) is 0 Å². The highest BCUT2D eigenvalue weighted by molar-refractivity contribution is 7.84. The number of amides is 1. The molecule has 1 heterocycles. The summed E-state index contributed by atoms with van der Waals surface area (Å²) in [5.74, 6) is -0.0517. The zero-order chi connectivity index (χ0) is 24.6. The van der Waals surface area contributed by atoms with Crippen LogP contribution in [-0.2, 0) is 21.2 Å². The van der Waals surface area contributed by atoms with Crippen molar-refractivity contribution in [3.8, 4) is 0 Å². The summed E-state index contributed by atoms with van der Waals surface area (Å²) in [4.78, 5) is 17.5. The molecule has 2 aromatic rings. The molecule has 3 rings (SSSR count). The van der Waals surface area contributed by atoms with Crippen molar-refractivity contribution in [1.82, 2.24) is 5.32 Å². The number of alkyl halides is 3. The minimum Gasteiger partial charge on any atom is -0.374 e. The van der Waals surface area contributed by atoms with E-state index in [0.717, 1.165) is 12.1 Å². The summed E-state index contributed by atoms with van der Waals surface area (Å²) in [5.41, 5.74) is -1.60. The van der Waals surface area contributed by atoms with Crippen molar-refractivity contribution in [2.75, 3.05) is 12.0 Å². The van der Waals surface area contributed by atoms with Gasteiger partial charge in [-0.1, -0.05) is 34.4 Å². The van der Waals surface area contributed by atoms with Crippen molar-refractivity contribution in [3.05, 3.63) is 68.7 Å². The molecule has 1 aliphatic rings. The van der Waals surface area contributed by atoms with E-state index < -0.39 is 29.0 Å². The Kier molecular flexibility index (Phi) is 7.45. The van der Waals surface area contributed by atoms with Crippen molar-refractivity contribution in [1.29, 1.82) is 0 Å². The van der Waals surface area contributed by atoms with Crippen LogP contribution in [0, 0.1) is 6.92 Å². The van der Waals surface area contributed by atoms with Gasteiger partial charge in [0.05, 0.1) is 5.71 Å². The standard InChI is InChI=1S/C22H21Cl2F3N2O3S/c1-12-6-14(4-5-18(12)20(30)28-13(2)11-33(3)31)19-10-21(32-29-19,22(25,26)27)15-7-16(23)9-17(24)8-15/h4-9,13H,10-11H2,1-3H3,(H,28,30). The van der Waals surface area contributed by atoms with E-state index in [1.807, 2.05) is 0 Å². The first-order valence-electron chi connectivity index (χ1n) is 9.82. The van der Waals surface area contributed by atoms with Crippen LogP contribution in [0.3, 0.4) is 0 Å². The number of rotatable bonds is 6. The van der Waals surface area contributed by atoms with Gasteiger partial charge in [-0.3, -0.25) is 9.00 Å². The fourth-order valence-corrected chi connectivity index (χ4v) is 4.95. The van der Waals surface area contributed by atoms with E-state index in [1.54, 1.807) is 26.2 Å². The van der Waals surface area contributed by atoms with Crippen LogP contribution >= 0.6 is 23.2 Å². The molecule has 1 N–H and O–H groups in total. The first-order chi connectivity index (χ1) is 15.3. The number of benzene rings is 2. The highest BCUT2D eigenvalue weighted by Gasteiger charge is 2.62. The number of halogens is 5. The summed E-state index contributed by atoms with van der Waals surface area (Å²) < 4.78 is 53.8. The summed E-state index contributed by atoms with van der Waals surface area (Å²) >= 11 is 11.9. The maximum absolute atomic E-state index is 14.2. The van der Waals surface area contributed by atoms with Crippen molar-refractivity contribution < 1.29 is 27.0 Å². The van der Waals surface area contributed by atoms with Crippen molar-refractivity contribution in [2.45, 2.75) is 38.1 Å². The van der Waals surface area contributed by atoms with Crippen LogP contribution in [0.15, 0.2) is 41.6 Å². The molecule has 3 unspecified atom stereocenters. The second-order valence-corrected chi connectivity index (χ2v) is 10.3. The van der Waals surface area contributed by atoms with Crippen LogP contribution in [0.25, 0.3) is 0 Å². The molecule has 2 aromatic carbocycles. The molecule has 178 valence electrons. The predicted octanol–water partition coefficient (Wildman–Crippen LogP) is 5.38. The second kappa shape index (κ2) is 9.64. The number of nitrogens with one attached hydrogen (secondary N) is 1. The van der Waals surface area contributed by atoms with Gasteiger partial charge >= 0.3 is 6.18 Å². The van der Waals surface area contributed by atoms with E-state index in [2.05, 4.69) is 10.5 Å². The van der Waals surface area contributed by atoms with Crippen molar-refractivity contribution in [2.24, 2.45) is 5.16 Å². The lowest BCUT2D eigenvalue weighted by molar-refractivity contribution is -0.275. The third-order valence-electron chi connectivity index (χ3n) is 5.18. The summed E-state index contributed by atoms with van der Waals surface area (Å²) in [6, 6.07) is 7.96. The van der Waals surface area contributed by atoms with Crippen LogP contribution in [-0.4, -0.2) is 40.1 Å². The highest BCUT2D eigenvalue weighted by Crippen LogP contribution is 2.49. The van der Waals surface area contributed by atoms with Crippen molar-refractivity contribution in [3.63, 3.8) is 0 Å². The Balaban J connectivity index is 1.87. The fourth-order valence-electron chi connectivity index (χ4n) is 3.64. The molecule has 0 saturated carbocycles. The fraction of sp³-hybridized carbons (Fsp3) is 0.364. The van der Waals surface area contributed by atoms with Crippen LogP contribution in [0.1, 0.15) is 40.4 Å². The molecule has 1 amide bonds. The SMILES string of the molecule is Cc1cc(C2=NOC(c3cc(Cl)cc(Cl)c3)(C(F)(F)F)C2)ccc1C(=O)NC(C)CS(C)=O. The van der Waals surface area contributed by atoms with E-state index in [4.69, 9.17) is 28.0 Å². The van der Waals surface area contributed by atoms with E-state index in [-0.39, 0.29) is 33.3 Å². The normalized spacial score (nSPS) is 20.1. The zero-order valence-corrected chi connectivity index (χ0v) is 20.3. The summed E-state index contributed by atoms with van der Waals surface area (Å²) in [6.45, 7) is 3.41. The molecule has 3 atom stereocenters. The number of hydrogen-bond donors (Lipinski definition) is 1. The zero-order valence-electron chi connectivity index (χ0n) is 17.9. The lowest BCUT2D eigenvalue weighted by Crippen LogP contribution is -2.42. The molecular formula is C22H21Cl2F3N2O3S. The largest absolute Gasteiger partial charge is 0.435 e. The minimum atomic E-state index is -4.80. The second-order valence-electron chi connectivity index (χ2n) is 7.93. The molecule has 1 aliphatic heterocycles. The van der Waals surface area contributed by atoms with E-state index >= 15 is 0 Å². The number of carbonyl (C=O) groups excluding carboxylic acids is 1. The number of nitrogens with zero attached hydrogens (tertiary/aromatic N) is 1. The van der Waals surface area contributed by atoms with Gasteiger partial charge in [-0.2, -0.15) is 13.2 Å². The van der Waals surface area contributed by atoms with E-state index in [1.165, 1.54) is 18.2 Å². The molecule has 5 nitrogen and oxygen atoms in total. The van der Waals surface area contributed by atoms with Crippen molar-refractivity contribution >= 4 is 45.6 Å².